The molecule has 0 amide bonds. The first kappa shape index (κ1) is 13.0. The highest BCUT2D eigenvalue weighted by Gasteiger charge is 2.19. The molecule has 0 bridgehead atoms. The molecule has 22 heavy (non-hydrogen) atoms. The normalized spacial score (nSPS) is 12.0. The molecule has 0 N–H and O–H groups in total. The minimum absolute atomic E-state index is 0.568. The molecule has 0 saturated carbocycles. The molecule has 3 aromatic carbocycles. The zero-order valence-corrected chi connectivity index (χ0v) is 12.2. The molecule has 0 aliphatic carbocycles. The molecular weight excluding hydrogens is 272 g/mol. The Kier molecular flexibility index (Phi) is 3.28. The van der Waals surface area contributed by atoms with Crippen molar-refractivity contribution in [3.05, 3.63) is 89.5 Å². The van der Waals surface area contributed by atoms with E-state index in [2.05, 4.69) is 18.2 Å². The van der Waals surface area contributed by atoms with Crippen molar-refractivity contribution in [3.8, 4) is 17.2 Å². The first-order valence-corrected chi connectivity index (χ1v) is 7.44. The number of rotatable bonds is 3. The molecule has 0 fully saturated rings. The lowest BCUT2D eigenvalue weighted by Crippen LogP contribution is -2.06. The molecule has 0 radical (unpaired) electrons. The van der Waals surface area contributed by atoms with Gasteiger partial charge in [0, 0.05) is 12.0 Å². The van der Waals surface area contributed by atoms with Crippen molar-refractivity contribution in [1.29, 1.82) is 0 Å². The maximum atomic E-state index is 6.03. The summed E-state index contributed by atoms with van der Waals surface area (Å²) in [6, 6.07) is 24.4. The molecule has 1 aliphatic rings. The average molecular weight is 288 g/mol. The van der Waals surface area contributed by atoms with Crippen molar-refractivity contribution in [1.82, 2.24) is 0 Å². The maximum absolute atomic E-state index is 6.03. The molecule has 0 aromatic heterocycles. The fraction of sp³-hybridized carbons (Fsp3) is 0.100. The fourth-order valence-corrected chi connectivity index (χ4v) is 2.74. The minimum Gasteiger partial charge on any atom is -0.488 e. The SMILES string of the molecule is c1ccc(COc2cccc3c2Cc2ccccc2O3)cc1. The Labute approximate surface area is 129 Å². The summed E-state index contributed by atoms with van der Waals surface area (Å²) >= 11 is 0. The zero-order chi connectivity index (χ0) is 14.8. The van der Waals surface area contributed by atoms with Crippen LogP contribution < -0.4 is 9.47 Å². The highest BCUT2D eigenvalue weighted by atomic mass is 16.5. The quantitative estimate of drug-likeness (QED) is 0.530. The Morgan fingerprint density at radius 1 is 0.773 bits per heavy atom. The molecule has 108 valence electrons. The fourth-order valence-electron chi connectivity index (χ4n) is 2.74. The van der Waals surface area contributed by atoms with Gasteiger partial charge in [-0.25, -0.2) is 0 Å². The monoisotopic (exact) mass is 288 g/mol. The number of hydrogen-bond donors (Lipinski definition) is 0. The third-order valence-corrected chi connectivity index (χ3v) is 3.89. The smallest absolute Gasteiger partial charge is 0.134 e. The summed E-state index contributed by atoms with van der Waals surface area (Å²) in [6.07, 6.45) is 0.844. The molecule has 3 aromatic rings. The zero-order valence-electron chi connectivity index (χ0n) is 12.2. The van der Waals surface area contributed by atoms with Gasteiger partial charge in [-0.2, -0.15) is 0 Å². The first-order valence-electron chi connectivity index (χ1n) is 7.44. The summed E-state index contributed by atoms with van der Waals surface area (Å²) in [7, 11) is 0. The molecule has 1 aliphatic heterocycles. The van der Waals surface area contributed by atoms with Crippen LogP contribution in [0, 0.1) is 0 Å². The van der Waals surface area contributed by atoms with Gasteiger partial charge in [0.15, 0.2) is 0 Å². The number of fused-ring (bicyclic) bond motifs is 2. The second-order valence-electron chi connectivity index (χ2n) is 5.39. The summed E-state index contributed by atoms with van der Waals surface area (Å²) in [5, 5.41) is 0. The van der Waals surface area contributed by atoms with E-state index in [0.29, 0.717) is 6.61 Å². The van der Waals surface area contributed by atoms with Crippen molar-refractivity contribution in [2.24, 2.45) is 0 Å². The van der Waals surface area contributed by atoms with Gasteiger partial charge < -0.3 is 9.47 Å². The molecule has 0 saturated heterocycles. The van der Waals surface area contributed by atoms with Gasteiger partial charge in [-0.15, -0.1) is 0 Å². The van der Waals surface area contributed by atoms with Crippen LogP contribution in [0.25, 0.3) is 0 Å². The maximum Gasteiger partial charge on any atom is 0.134 e. The third-order valence-electron chi connectivity index (χ3n) is 3.89. The first-order chi connectivity index (χ1) is 10.9. The van der Waals surface area contributed by atoms with E-state index in [-0.39, 0.29) is 0 Å². The molecule has 0 unspecified atom stereocenters. The van der Waals surface area contributed by atoms with Crippen molar-refractivity contribution in [2.45, 2.75) is 13.0 Å². The van der Waals surface area contributed by atoms with Gasteiger partial charge in [0.05, 0.1) is 0 Å². The number of hydrogen-bond acceptors (Lipinski definition) is 2. The predicted molar refractivity (Wildman–Crippen MR) is 86.5 cm³/mol. The second kappa shape index (κ2) is 5.57. The number of benzene rings is 3. The minimum atomic E-state index is 0.568. The number of para-hydroxylation sites is 1. The Morgan fingerprint density at radius 2 is 1.55 bits per heavy atom. The van der Waals surface area contributed by atoms with Gasteiger partial charge in [0.1, 0.15) is 23.9 Å². The second-order valence-corrected chi connectivity index (χ2v) is 5.39. The van der Waals surface area contributed by atoms with Crippen LogP contribution in [0.4, 0.5) is 0 Å². The van der Waals surface area contributed by atoms with Gasteiger partial charge in [-0.3, -0.25) is 0 Å². The highest BCUT2D eigenvalue weighted by Crippen LogP contribution is 2.40. The van der Waals surface area contributed by atoms with Gasteiger partial charge >= 0.3 is 0 Å². The van der Waals surface area contributed by atoms with E-state index < -0.39 is 0 Å². The van der Waals surface area contributed by atoms with Gasteiger partial charge in [0.25, 0.3) is 0 Å². The van der Waals surface area contributed by atoms with E-state index in [9.17, 15) is 0 Å². The van der Waals surface area contributed by atoms with E-state index in [0.717, 1.165) is 34.8 Å². The van der Waals surface area contributed by atoms with E-state index >= 15 is 0 Å². The molecule has 0 atom stereocenters. The Balaban J connectivity index is 1.61. The molecular formula is C20H16O2. The largest absolute Gasteiger partial charge is 0.488 e. The summed E-state index contributed by atoms with van der Waals surface area (Å²) < 4.78 is 12.0. The Bertz CT molecular complexity index is 794. The molecule has 0 spiro atoms. The van der Waals surface area contributed by atoms with Gasteiger partial charge in [-0.05, 0) is 29.3 Å². The van der Waals surface area contributed by atoms with E-state index in [1.807, 2.05) is 54.6 Å². The van der Waals surface area contributed by atoms with Crippen LogP contribution in [0.2, 0.25) is 0 Å². The third kappa shape index (κ3) is 2.44. The predicted octanol–water partition coefficient (Wildman–Crippen LogP) is 4.96. The Morgan fingerprint density at radius 3 is 2.45 bits per heavy atom. The van der Waals surface area contributed by atoms with Crippen LogP contribution in [0.5, 0.6) is 17.2 Å². The van der Waals surface area contributed by atoms with Crippen molar-refractivity contribution < 1.29 is 9.47 Å². The average Bonchev–Trinajstić information content (AvgIpc) is 2.59. The molecule has 1 heterocycles. The summed E-state index contributed by atoms with van der Waals surface area (Å²) in [5.41, 5.74) is 3.49. The van der Waals surface area contributed by atoms with Crippen LogP contribution in [0.15, 0.2) is 72.8 Å². The van der Waals surface area contributed by atoms with E-state index in [1.54, 1.807) is 0 Å². The Hall–Kier alpha value is -2.74. The van der Waals surface area contributed by atoms with Crippen LogP contribution in [-0.4, -0.2) is 0 Å². The summed E-state index contributed by atoms with van der Waals surface area (Å²) in [6.45, 7) is 0.568. The molecule has 2 heteroatoms. The standard InChI is InChI=1S/C20H16O2/c1-2-7-15(8-3-1)14-21-19-11-6-12-20-17(19)13-16-9-4-5-10-18(16)22-20/h1-12H,13-14H2. The van der Waals surface area contributed by atoms with Crippen molar-refractivity contribution >= 4 is 0 Å². The van der Waals surface area contributed by atoms with Gasteiger partial charge in [0.2, 0.25) is 0 Å². The van der Waals surface area contributed by atoms with Crippen LogP contribution in [0.3, 0.4) is 0 Å². The van der Waals surface area contributed by atoms with Gasteiger partial charge in [-0.1, -0.05) is 54.6 Å². The summed E-state index contributed by atoms with van der Waals surface area (Å²) in [5.74, 6) is 2.73. The van der Waals surface area contributed by atoms with Crippen LogP contribution >= 0.6 is 0 Å². The van der Waals surface area contributed by atoms with Crippen molar-refractivity contribution in [2.75, 3.05) is 0 Å². The lowest BCUT2D eigenvalue weighted by Gasteiger charge is -2.22. The van der Waals surface area contributed by atoms with E-state index in [4.69, 9.17) is 9.47 Å². The number of ether oxygens (including phenoxy) is 2. The lowest BCUT2D eigenvalue weighted by molar-refractivity contribution is 0.300. The van der Waals surface area contributed by atoms with Crippen LogP contribution in [0.1, 0.15) is 16.7 Å². The highest BCUT2D eigenvalue weighted by molar-refractivity contribution is 5.54. The molecule has 4 rings (SSSR count). The van der Waals surface area contributed by atoms with Crippen molar-refractivity contribution in [3.63, 3.8) is 0 Å². The van der Waals surface area contributed by atoms with Crippen LogP contribution in [-0.2, 0) is 13.0 Å². The topological polar surface area (TPSA) is 18.5 Å². The lowest BCUT2D eigenvalue weighted by atomic mass is 9.99. The van der Waals surface area contributed by atoms with E-state index in [1.165, 1.54) is 5.56 Å². The summed E-state index contributed by atoms with van der Waals surface area (Å²) in [4.78, 5) is 0. The molecule has 2 nitrogen and oxygen atoms in total.